The zero-order valence-electron chi connectivity index (χ0n) is 9.92. The van der Waals surface area contributed by atoms with Crippen molar-refractivity contribution in [2.45, 2.75) is 34.1 Å². The monoisotopic (exact) mass is 197 g/mol. The first-order valence-corrected chi connectivity index (χ1v) is 5.58. The molecule has 0 spiro atoms. The molecule has 0 N–H and O–H groups in total. The van der Waals surface area contributed by atoms with Crippen molar-refractivity contribution in [1.29, 1.82) is 0 Å². The Hall–Kier alpha value is -0.630. The second-order valence-electron chi connectivity index (χ2n) is 3.67. The number of likely N-dealkylation sites (tertiary alicyclic amines) is 1. The minimum absolute atomic E-state index is 0.141. The Labute approximate surface area is 88.0 Å². The minimum atomic E-state index is 0.141. The van der Waals surface area contributed by atoms with E-state index in [1.165, 1.54) is 19.5 Å². The third-order valence-corrected chi connectivity index (χ3v) is 2.22. The zero-order chi connectivity index (χ0) is 11.0. The van der Waals surface area contributed by atoms with Gasteiger partial charge in [0, 0.05) is 13.1 Å². The highest BCUT2D eigenvalue weighted by Crippen LogP contribution is 2.13. The van der Waals surface area contributed by atoms with Crippen molar-refractivity contribution in [2.24, 2.45) is 5.92 Å². The quantitative estimate of drug-likeness (QED) is 0.648. The van der Waals surface area contributed by atoms with Crippen molar-refractivity contribution in [1.82, 2.24) is 4.90 Å². The van der Waals surface area contributed by atoms with Gasteiger partial charge >= 0.3 is 0 Å². The molecular formula is C12H23NO. The molecular weight excluding hydrogens is 174 g/mol. The lowest BCUT2D eigenvalue weighted by atomic mass is 10.2. The molecule has 2 nitrogen and oxygen atoms in total. The molecule has 14 heavy (non-hydrogen) atoms. The third kappa shape index (κ3) is 5.92. The Kier molecular flexibility index (Phi) is 7.40. The summed E-state index contributed by atoms with van der Waals surface area (Å²) >= 11 is 0. The molecule has 82 valence electrons. The predicted octanol–water partition coefficient (Wildman–Crippen LogP) is 2.50. The highest BCUT2D eigenvalue weighted by Gasteiger charge is 2.16. The van der Waals surface area contributed by atoms with Gasteiger partial charge in [0.05, 0.1) is 0 Å². The Balaban J connectivity index is 0.000000791. The van der Waals surface area contributed by atoms with Gasteiger partial charge in [0.15, 0.2) is 5.78 Å². The van der Waals surface area contributed by atoms with Crippen molar-refractivity contribution >= 4 is 5.78 Å². The number of carbonyl (C=O) groups is 1. The van der Waals surface area contributed by atoms with Gasteiger partial charge in [-0.2, -0.15) is 0 Å². The van der Waals surface area contributed by atoms with Crippen molar-refractivity contribution in [3.05, 3.63) is 12.2 Å². The molecule has 0 aliphatic carbocycles. The van der Waals surface area contributed by atoms with Crippen LogP contribution in [0.4, 0.5) is 0 Å². The number of hydrogen-bond acceptors (Lipinski definition) is 2. The van der Waals surface area contributed by atoms with Crippen LogP contribution >= 0.6 is 0 Å². The maximum absolute atomic E-state index is 10.6. The molecule has 2 heteroatoms. The largest absolute Gasteiger partial charge is 0.299 e. The van der Waals surface area contributed by atoms with E-state index in [0.717, 1.165) is 12.5 Å². The van der Waals surface area contributed by atoms with E-state index in [2.05, 4.69) is 11.8 Å². The van der Waals surface area contributed by atoms with E-state index in [-0.39, 0.29) is 5.78 Å². The van der Waals surface area contributed by atoms with E-state index in [9.17, 15) is 4.79 Å². The second kappa shape index (κ2) is 7.74. The third-order valence-electron chi connectivity index (χ3n) is 2.22. The topological polar surface area (TPSA) is 20.3 Å². The fraction of sp³-hybridized carbons (Fsp3) is 0.750. The van der Waals surface area contributed by atoms with Gasteiger partial charge in [-0.25, -0.2) is 0 Å². The zero-order valence-corrected chi connectivity index (χ0v) is 9.92. The fourth-order valence-electron chi connectivity index (χ4n) is 1.56. The molecule has 0 aromatic heterocycles. The van der Waals surface area contributed by atoms with E-state index >= 15 is 0 Å². The highest BCUT2D eigenvalue weighted by atomic mass is 16.1. The van der Waals surface area contributed by atoms with Crippen LogP contribution in [-0.4, -0.2) is 30.3 Å². The fourth-order valence-corrected chi connectivity index (χ4v) is 1.56. The highest BCUT2D eigenvalue weighted by molar-refractivity contribution is 5.87. The second-order valence-corrected chi connectivity index (χ2v) is 3.67. The van der Waals surface area contributed by atoms with Crippen LogP contribution in [0.2, 0.25) is 0 Å². The van der Waals surface area contributed by atoms with Crippen LogP contribution in [0.3, 0.4) is 0 Å². The van der Waals surface area contributed by atoms with Crippen molar-refractivity contribution in [2.75, 3.05) is 19.6 Å². The van der Waals surface area contributed by atoms with Crippen LogP contribution < -0.4 is 0 Å². The maximum Gasteiger partial charge on any atom is 0.152 e. The van der Waals surface area contributed by atoms with Gasteiger partial charge in [0.2, 0.25) is 0 Å². The van der Waals surface area contributed by atoms with E-state index < -0.39 is 0 Å². The molecule has 0 aromatic carbocycles. The molecule has 1 aliphatic rings. The summed E-state index contributed by atoms with van der Waals surface area (Å²) in [6, 6.07) is 0. The van der Waals surface area contributed by atoms with Crippen LogP contribution in [-0.2, 0) is 4.79 Å². The lowest BCUT2D eigenvalue weighted by Gasteiger charge is -2.11. The number of ketones is 1. The molecule has 0 radical (unpaired) electrons. The smallest absolute Gasteiger partial charge is 0.152 e. The Bertz CT molecular complexity index is 187. The molecule has 1 rings (SSSR count). The number of carbonyl (C=O) groups excluding carboxylic acids is 1. The molecule has 0 aromatic rings. The van der Waals surface area contributed by atoms with Gasteiger partial charge in [0.1, 0.15) is 0 Å². The molecule has 1 saturated heterocycles. The Morgan fingerprint density at radius 1 is 1.50 bits per heavy atom. The van der Waals surface area contributed by atoms with Gasteiger partial charge in [0.25, 0.3) is 0 Å². The van der Waals surface area contributed by atoms with Crippen LogP contribution in [0.1, 0.15) is 34.1 Å². The van der Waals surface area contributed by atoms with E-state index in [1.54, 1.807) is 13.0 Å². The molecule has 1 atom stereocenters. The average molecular weight is 197 g/mol. The lowest BCUT2D eigenvalue weighted by molar-refractivity contribution is -0.112. The minimum Gasteiger partial charge on any atom is -0.299 e. The van der Waals surface area contributed by atoms with E-state index in [1.807, 2.05) is 19.9 Å². The predicted molar refractivity (Wildman–Crippen MR) is 61.4 cm³/mol. The summed E-state index contributed by atoms with van der Waals surface area (Å²) in [5.74, 6) is 0.970. The number of nitrogens with zero attached hydrogens (tertiary/aromatic N) is 1. The van der Waals surface area contributed by atoms with E-state index in [0.29, 0.717) is 0 Å². The normalized spacial score (nSPS) is 22.1. The number of rotatable bonds is 3. The summed E-state index contributed by atoms with van der Waals surface area (Å²) in [5, 5.41) is 0. The standard InChI is InChI=1S/C10H17NO.C2H6/c1-9-5-7-11(8-9)6-3-4-10(2)12;1-2/h3-4,9H,5-8H2,1-2H3;1-2H3/b4-3+;/t9-;/m0./s1. The lowest BCUT2D eigenvalue weighted by Crippen LogP contribution is -2.20. The summed E-state index contributed by atoms with van der Waals surface area (Å²) in [6.07, 6.45) is 4.91. The molecule has 0 saturated carbocycles. The van der Waals surface area contributed by atoms with Crippen molar-refractivity contribution < 1.29 is 4.79 Å². The van der Waals surface area contributed by atoms with Gasteiger partial charge in [-0.1, -0.05) is 26.8 Å². The number of hydrogen-bond donors (Lipinski definition) is 0. The van der Waals surface area contributed by atoms with Crippen LogP contribution in [0.25, 0.3) is 0 Å². The van der Waals surface area contributed by atoms with Gasteiger partial charge in [-0.05, 0) is 31.9 Å². The Morgan fingerprint density at radius 2 is 2.14 bits per heavy atom. The van der Waals surface area contributed by atoms with Crippen LogP contribution in [0, 0.1) is 5.92 Å². The number of allylic oxidation sites excluding steroid dienone is 1. The summed E-state index contributed by atoms with van der Waals surface area (Å²) in [5.41, 5.74) is 0. The molecule has 1 heterocycles. The van der Waals surface area contributed by atoms with E-state index in [4.69, 9.17) is 0 Å². The molecule has 0 unspecified atom stereocenters. The summed E-state index contributed by atoms with van der Waals surface area (Å²) in [4.78, 5) is 13.0. The van der Waals surface area contributed by atoms with Gasteiger partial charge in [-0.3, -0.25) is 9.69 Å². The first-order chi connectivity index (χ1) is 6.68. The van der Waals surface area contributed by atoms with Gasteiger partial charge < -0.3 is 0 Å². The first-order valence-electron chi connectivity index (χ1n) is 5.58. The average Bonchev–Trinajstić information content (AvgIpc) is 2.54. The molecule has 1 aliphatic heterocycles. The van der Waals surface area contributed by atoms with Crippen LogP contribution in [0.15, 0.2) is 12.2 Å². The van der Waals surface area contributed by atoms with Crippen molar-refractivity contribution in [3.8, 4) is 0 Å². The molecule has 0 bridgehead atoms. The van der Waals surface area contributed by atoms with Crippen molar-refractivity contribution in [3.63, 3.8) is 0 Å². The maximum atomic E-state index is 10.6. The Morgan fingerprint density at radius 3 is 2.57 bits per heavy atom. The summed E-state index contributed by atoms with van der Waals surface area (Å²) in [7, 11) is 0. The van der Waals surface area contributed by atoms with Gasteiger partial charge in [-0.15, -0.1) is 0 Å². The summed E-state index contributed by atoms with van der Waals surface area (Å²) < 4.78 is 0. The van der Waals surface area contributed by atoms with Crippen LogP contribution in [0.5, 0.6) is 0 Å². The SMILES string of the molecule is CC.CC(=O)/C=C/CN1CC[C@H](C)C1. The molecule has 0 amide bonds. The first kappa shape index (κ1) is 13.4. The molecule has 1 fully saturated rings. The summed E-state index contributed by atoms with van der Waals surface area (Å²) in [6.45, 7) is 11.2.